The van der Waals surface area contributed by atoms with Crippen molar-refractivity contribution in [3.05, 3.63) is 35.9 Å². The fourth-order valence-electron chi connectivity index (χ4n) is 3.59. The van der Waals surface area contributed by atoms with Crippen LogP contribution in [0.25, 0.3) is 0 Å². The van der Waals surface area contributed by atoms with Gasteiger partial charge in [0, 0.05) is 25.4 Å². The van der Waals surface area contributed by atoms with Gasteiger partial charge in [-0.3, -0.25) is 9.69 Å². The summed E-state index contributed by atoms with van der Waals surface area (Å²) in [4.78, 5) is 14.2. The van der Waals surface area contributed by atoms with Crippen molar-refractivity contribution in [3.8, 4) is 0 Å². The Morgan fingerprint density at radius 1 is 1.17 bits per heavy atom. The lowest BCUT2D eigenvalue weighted by atomic mass is 9.77. The molecule has 0 N–H and O–H groups in total. The molecule has 0 spiro atoms. The molecule has 2 fully saturated rings. The van der Waals surface area contributed by atoms with Gasteiger partial charge >= 0.3 is 0 Å². The third kappa shape index (κ3) is 2.49. The van der Waals surface area contributed by atoms with Crippen LogP contribution in [0.3, 0.4) is 0 Å². The Labute approximate surface area is 109 Å². The molecule has 0 bridgehead atoms. The van der Waals surface area contributed by atoms with Gasteiger partial charge in [0.05, 0.1) is 0 Å². The largest absolute Gasteiger partial charge is 0.300 e. The van der Waals surface area contributed by atoms with E-state index in [1.165, 1.54) is 24.9 Å². The first-order chi connectivity index (χ1) is 8.83. The van der Waals surface area contributed by atoms with E-state index in [9.17, 15) is 4.79 Å². The van der Waals surface area contributed by atoms with E-state index in [4.69, 9.17) is 0 Å². The number of rotatable bonds is 2. The summed E-state index contributed by atoms with van der Waals surface area (Å²) in [5.74, 6) is 1.11. The Balaban J connectivity index is 1.70. The molecule has 1 aromatic carbocycles. The predicted octanol–water partition coefficient (Wildman–Crippen LogP) is 3.02. The van der Waals surface area contributed by atoms with Gasteiger partial charge in [-0.15, -0.1) is 0 Å². The van der Waals surface area contributed by atoms with Gasteiger partial charge in [0.1, 0.15) is 5.78 Å². The van der Waals surface area contributed by atoms with Crippen molar-refractivity contribution in [2.45, 2.75) is 44.7 Å². The molecule has 1 saturated carbocycles. The molecule has 1 aromatic rings. The van der Waals surface area contributed by atoms with Crippen LogP contribution in [0, 0.1) is 5.92 Å². The van der Waals surface area contributed by atoms with E-state index in [2.05, 4.69) is 35.2 Å². The van der Waals surface area contributed by atoms with Crippen molar-refractivity contribution in [3.63, 3.8) is 0 Å². The van der Waals surface area contributed by atoms with Gasteiger partial charge in [0.2, 0.25) is 0 Å². The van der Waals surface area contributed by atoms with E-state index >= 15 is 0 Å². The van der Waals surface area contributed by atoms with Gasteiger partial charge in [-0.2, -0.15) is 0 Å². The summed E-state index contributed by atoms with van der Waals surface area (Å²) in [5, 5.41) is 0. The number of nitrogens with zero attached hydrogens (tertiary/aromatic N) is 1. The molecular formula is C16H21NO. The normalized spacial score (nSPS) is 29.0. The molecule has 0 unspecified atom stereocenters. The molecular weight excluding hydrogens is 222 g/mol. The molecule has 1 saturated heterocycles. The molecule has 18 heavy (non-hydrogen) atoms. The number of ketones is 1. The van der Waals surface area contributed by atoms with Crippen LogP contribution in [0.4, 0.5) is 0 Å². The van der Waals surface area contributed by atoms with Gasteiger partial charge in [-0.1, -0.05) is 30.3 Å². The number of hydrogen-bond donors (Lipinski definition) is 0. The average Bonchev–Trinajstić information content (AvgIpc) is 2.40. The number of Topliss-reactive ketones (excluding diaryl/α,β-unsaturated/α-hetero) is 1. The third-order valence-corrected chi connectivity index (χ3v) is 4.47. The van der Waals surface area contributed by atoms with E-state index in [0.29, 0.717) is 17.7 Å². The summed E-state index contributed by atoms with van der Waals surface area (Å²) < 4.78 is 0. The van der Waals surface area contributed by atoms with Gasteiger partial charge in [0.15, 0.2) is 0 Å². The summed E-state index contributed by atoms with van der Waals surface area (Å²) in [6.45, 7) is 2.25. The third-order valence-electron chi connectivity index (χ3n) is 4.47. The smallest absolute Gasteiger partial charge is 0.133 e. The summed E-state index contributed by atoms with van der Waals surface area (Å²) >= 11 is 0. The van der Waals surface area contributed by atoms with Gasteiger partial charge < -0.3 is 0 Å². The number of carbonyl (C=O) groups excluding carboxylic acids is 1. The zero-order chi connectivity index (χ0) is 12.4. The Morgan fingerprint density at radius 2 is 2.00 bits per heavy atom. The van der Waals surface area contributed by atoms with Gasteiger partial charge in [0.25, 0.3) is 0 Å². The lowest BCUT2D eigenvalue weighted by Crippen LogP contribution is -2.47. The minimum atomic E-state index is 0.484. The summed E-state index contributed by atoms with van der Waals surface area (Å²) in [5.41, 5.74) is 1.40. The van der Waals surface area contributed by atoms with Crippen LogP contribution in [0.15, 0.2) is 30.3 Å². The van der Waals surface area contributed by atoms with E-state index in [0.717, 1.165) is 25.8 Å². The first kappa shape index (κ1) is 11.9. The number of hydrogen-bond acceptors (Lipinski definition) is 2. The predicted molar refractivity (Wildman–Crippen MR) is 72.2 cm³/mol. The maximum Gasteiger partial charge on any atom is 0.133 e. The number of likely N-dealkylation sites (tertiary alicyclic amines) is 1. The maximum absolute atomic E-state index is 11.6. The number of benzene rings is 1. The molecule has 96 valence electrons. The van der Waals surface area contributed by atoms with Crippen molar-refractivity contribution in [2.24, 2.45) is 5.92 Å². The lowest BCUT2D eigenvalue weighted by Gasteiger charge is -2.43. The second kappa shape index (κ2) is 5.23. The molecule has 2 aliphatic rings. The Kier molecular flexibility index (Phi) is 3.46. The van der Waals surface area contributed by atoms with Crippen LogP contribution in [0.1, 0.15) is 37.7 Å². The molecule has 0 amide bonds. The van der Waals surface area contributed by atoms with E-state index in [-0.39, 0.29) is 0 Å². The van der Waals surface area contributed by atoms with Crippen LogP contribution in [0.2, 0.25) is 0 Å². The molecule has 2 atom stereocenters. The Bertz CT molecular complexity index is 414. The van der Waals surface area contributed by atoms with Crippen LogP contribution in [-0.4, -0.2) is 23.3 Å². The van der Waals surface area contributed by atoms with Crippen molar-refractivity contribution >= 4 is 5.78 Å². The van der Waals surface area contributed by atoms with Crippen molar-refractivity contribution < 1.29 is 4.79 Å². The first-order valence-electron chi connectivity index (χ1n) is 7.12. The average molecular weight is 243 g/mol. The SMILES string of the molecule is O=C1CC[C@@H]2[C@H](CCCN2Cc2ccccc2)C1. The summed E-state index contributed by atoms with van der Waals surface area (Å²) in [6.07, 6.45) is 5.21. The highest BCUT2D eigenvalue weighted by atomic mass is 16.1. The van der Waals surface area contributed by atoms with Crippen molar-refractivity contribution in [1.29, 1.82) is 0 Å². The van der Waals surface area contributed by atoms with Gasteiger partial charge in [-0.05, 0) is 37.3 Å². The van der Waals surface area contributed by atoms with E-state index in [1.54, 1.807) is 0 Å². The molecule has 0 aromatic heterocycles. The number of fused-ring (bicyclic) bond motifs is 1. The monoisotopic (exact) mass is 243 g/mol. The van der Waals surface area contributed by atoms with Crippen LogP contribution in [0.5, 0.6) is 0 Å². The molecule has 1 aliphatic heterocycles. The quantitative estimate of drug-likeness (QED) is 0.796. The summed E-state index contributed by atoms with van der Waals surface area (Å²) in [6, 6.07) is 11.4. The van der Waals surface area contributed by atoms with Crippen LogP contribution >= 0.6 is 0 Å². The van der Waals surface area contributed by atoms with Crippen molar-refractivity contribution in [2.75, 3.05) is 6.54 Å². The van der Waals surface area contributed by atoms with Crippen LogP contribution in [-0.2, 0) is 11.3 Å². The minimum Gasteiger partial charge on any atom is -0.300 e. The molecule has 0 radical (unpaired) electrons. The highest BCUT2D eigenvalue weighted by Gasteiger charge is 2.35. The van der Waals surface area contributed by atoms with E-state index in [1.807, 2.05) is 0 Å². The topological polar surface area (TPSA) is 20.3 Å². The second-order valence-electron chi connectivity index (χ2n) is 5.71. The standard InChI is InChI=1S/C16H21NO/c18-15-8-9-16-14(11-15)7-4-10-17(16)12-13-5-2-1-3-6-13/h1-3,5-6,14,16H,4,7-12H2/t14-,16-/m1/s1. The number of piperidine rings is 1. The zero-order valence-electron chi connectivity index (χ0n) is 10.8. The molecule has 2 nitrogen and oxygen atoms in total. The summed E-state index contributed by atoms with van der Waals surface area (Å²) in [7, 11) is 0. The fraction of sp³-hybridized carbons (Fsp3) is 0.562. The van der Waals surface area contributed by atoms with Gasteiger partial charge in [-0.25, -0.2) is 0 Å². The lowest BCUT2D eigenvalue weighted by molar-refractivity contribution is -0.124. The molecule has 1 aliphatic carbocycles. The second-order valence-corrected chi connectivity index (χ2v) is 5.71. The first-order valence-corrected chi connectivity index (χ1v) is 7.12. The maximum atomic E-state index is 11.6. The zero-order valence-corrected chi connectivity index (χ0v) is 10.8. The molecule has 1 heterocycles. The highest BCUT2D eigenvalue weighted by Crippen LogP contribution is 2.34. The van der Waals surface area contributed by atoms with Crippen LogP contribution < -0.4 is 0 Å². The molecule has 3 rings (SSSR count). The van der Waals surface area contributed by atoms with Crippen molar-refractivity contribution in [1.82, 2.24) is 4.90 Å². The minimum absolute atomic E-state index is 0.484. The fourth-order valence-corrected chi connectivity index (χ4v) is 3.59. The molecule has 2 heteroatoms. The number of carbonyl (C=O) groups is 1. The Hall–Kier alpha value is -1.15. The highest BCUT2D eigenvalue weighted by molar-refractivity contribution is 5.79. The Morgan fingerprint density at radius 3 is 2.83 bits per heavy atom. The van der Waals surface area contributed by atoms with E-state index < -0.39 is 0 Å².